The third kappa shape index (κ3) is 8.02. The molecule has 0 radical (unpaired) electrons. The largest absolute Gasteiger partial charge is 0.481 e. The van der Waals surface area contributed by atoms with Crippen molar-refractivity contribution in [1.82, 2.24) is 4.90 Å². The number of nitrogens with zero attached hydrogens (tertiary/aromatic N) is 1. The zero-order valence-corrected chi connectivity index (χ0v) is 21.1. The molecule has 1 aromatic carbocycles. The van der Waals surface area contributed by atoms with Crippen molar-refractivity contribution < 1.29 is 49.4 Å². The molecule has 3 nitrogen and oxygen atoms in total. The quantitative estimate of drug-likeness (QED) is 0.320. The molecule has 0 saturated carbocycles. The van der Waals surface area contributed by atoms with E-state index in [-0.39, 0.29) is 38.3 Å². The first-order chi connectivity index (χ1) is 18.0. The monoisotopic (exact) mass is 571 g/mol. The summed E-state index contributed by atoms with van der Waals surface area (Å²) in [6.45, 7) is 1.93. The second-order valence-corrected chi connectivity index (χ2v) is 10.2. The van der Waals surface area contributed by atoms with Crippen molar-refractivity contribution in [1.29, 1.82) is 0 Å². The van der Waals surface area contributed by atoms with E-state index in [9.17, 15) is 49.4 Å². The molecule has 4 atom stereocenters. The van der Waals surface area contributed by atoms with E-state index in [1.807, 2.05) is 4.90 Å². The van der Waals surface area contributed by atoms with Crippen LogP contribution in [0.15, 0.2) is 42.0 Å². The fourth-order valence-corrected chi connectivity index (χ4v) is 5.67. The highest BCUT2D eigenvalue weighted by molar-refractivity contribution is 5.67. The van der Waals surface area contributed by atoms with Gasteiger partial charge in [-0.1, -0.05) is 31.6 Å². The number of likely N-dealkylation sites (tertiary alicyclic amines) is 1. The molecule has 39 heavy (non-hydrogen) atoms. The topological polar surface area (TPSA) is 40.5 Å². The summed E-state index contributed by atoms with van der Waals surface area (Å²) in [5, 5.41) is 9.25. The minimum atomic E-state index is -4.88. The molecule has 218 valence electrons. The molecule has 1 aliphatic carbocycles. The zero-order chi connectivity index (χ0) is 29.2. The van der Waals surface area contributed by atoms with Crippen molar-refractivity contribution in [3.05, 3.63) is 58.7 Å². The number of halogens is 9. The highest BCUT2D eigenvalue weighted by atomic mass is 19.4. The number of allylic oxidation sites excluding steroid dienone is 3. The molecule has 12 heteroatoms. The van der Waals surface area contributed by atoms with Crippen molar-refractivity contribution >= 4 is 5.97 Å². The molecule has 2 unspecified atom stereocenters. The smallest absolute Gasteiger partial charge is 0.416 e. The Hall–Kier alpha value is -2.50. The summed E-state index contributed by atoms with van der Waals surface area (Å²) >= 11 is 0. The van der Waals surface area contributed by atoms with Gasteiger partial charge in [-0.3, -0.25) is 9.69 Å². The molecular weight excluding hydrogens is 541 g/mol. The Kier molecular flexibility index (Phi) is 9.50. The fourth-order valence-electron chi connectivity index (χ4n) is 5.67. The number of carboxylic acid groups (broad SMARTS) is 1. The number of aliphatic carboxylic acids is 1. The van der Waals surface area contributed by atoms with E-state index in [1.54, 1.807) is 6.92 Å². The summed E-state index contributed by atoms with van der Waals surface area (Å²) < 4.78 is 121. The molecular formula is C27H30F9NO2. The Balaban J connectivity index is 1.96. The van der Waals surface area contributed by atoms with E-state index < -0.39 is 64.6 Å². The van der Waals surface area contributed by atoms with Crippen LogP contribution in [0.4, 0.5) is 39.5 Å². The first-order valence-electron chi connectivity index (χ1n) is 12.7. The van der Waals surface area contributed by atoms with Gasteiger partial charge in [0, 0.05) is 19.0 Å². The van der Waals surface area contributed by atoms with Gasteiger partial charge in [-0.05, 0) is 73.7 Å². The van der Waals surface area contributed by atoms with Crippen LogP contribution in [0.1, 0.15) is 68.1 Å². The lowest BCUT2D eigenvalue weighted by Crippen LogP contribution is -2.48. The zero-order valence-electron chi connectivity index (χ0n) is 21.1. The molecule has 2 aliphatic rings. The van der Waals surface area contributed by atoms with Gasteiger partial charge in [-0.15, -0.1) is 0 Å². The number of benzene rings is 1. The van der Waals surface area contributed by atoms with Crippen LogP contribution in [0.2, 0.25) is 0 Å². The Labute approximate surface area is 220 Å². The highest BCUT2D eigenvalue weighted by Gasteiger charge is 2.41. The van der Waals surface area contributed by atoms with Gasteiger partial charge in [-0.25, -0.2) is 0 Å². The van der Waals surface area contributed by atoms with Crippen molar-refractivity contribution in [2.45, 2.75) is 75.9 Å². The van der Waals surface area contributed by atoms with Gasteiger partial charge in [0.2, 0.25) is 0 Å². The van der Waals surface area contributed by atoms with Crippen molar-refractivity contribution in [2.75, 3.05) is 13.1 Å². The number of carboxylic acids is 1. The van der Waals surface area contributed by atoms with Gasteiger partial charge in [0.25, 0.3) is 0 Å². The minimum absolute atomic E-state index is 0.00209. The standard InChI is InChI=1S/C27H30F9NO2/c1-2-3-18(21-14-20(26(31,32)33)8-9-22(21)27(34,35)36)15-37-11-10-16(13-24(38)39)12-23(37)17-4-6-19(7-5-17)25(28,29)30/h4,6-9,14,16-18,23H,2-3,5,10-13,15H2,1H3,(H,38,39)/t16-,17?,18?,23+/m0/s1. The molecule has 0 aromatic heterocycles. The van der Waals surface area contributed by atoms with Crippen LogP contribution in [0, 0.1) is 11.8 Å². The second kappa shape index (κ2) is 11.9. The van der Waals surface area contributed by atoms with Crippen LogP contribution in [0.5, 0.6) is 0 Å². The Morgan fingerprint density at radius 1 is 1.05 bits per heavy atom. The van der Waals surface area contributed by atoms with Crippen LogP contribution < -0.4 is 0 Å². The predicted octanol–water partition coefficient (Wildman–Crippen LogP) is 8.23. The van der Waals surface area contributed by atoms with Gasteiger partial charge < -0.3 is 5.11 Å². The molecule has 1 aliphatic heterocycles. The van der Waals surface area contributed by atoms with E-state index in [2.05, 4.69) is 0 Å². The minimum Gasteiger partial charge on any atom is -0.481 e. The molecule has 1 aromatic rings. The van der Waals surface area contributed by atoms with E-state index >= 15 is 0 Å². The number of carbonyl (C=O) groups is 1. The van der Waals surface area contributed by atoms with Crippen molar-refractivity contribution in [3.63, 3.8) is 0 Å². The number of alkyl halides is 9. The number of hydrogen-bond donors (Lipinski definition) is 1. The Morgan fingerprint density at radius 3 is 2.26 bits per heavy atom. The maximum absolute atomic E-state index is 13.9. The summed E-state index contributed by atoms with van der Waals surface area (Å²) in [6.07, 6.45) is -9.80. The van der Waals surface area contributed by atoms with Gasteiger partial charge in [-0.2, -0.15) is 39.5 Å². The number of piperidine rings is 1. The molecule has 1 N–H and O–H groups in total. The van der Waals surface area contributed by atoms with Gasteiger partial charge in [0.05, 0.1) is 16.7 Å². The lowest BCUT2D eigenvalue weighted by Gasteiger charge is -2.44. The second-order valence-electron chi connectivity index (χ2n) is 10.2. The van der Waals surface area contributed by atoms with Crippen molar-refractivity contribution in [2.24, 2.45) is 11.8 Å². The Bertz CT molecular complexity index is 1070. The Morgan fingerprint density at radius 2 is 1.74 bits per heavy atom. The molecule has 0 bridgehead atoms. The fraction of sp³-hybridized carbons (Fsp3) is 0.593. The summed E-state index contributed by atoms with van der Waals surface area (Å²) in [6, 6.07) is 0.927. The SMILES string of the molecule is CCCC(CN1CC[C@H](CC(=O)O)C[C@@H]1C1C=CC(C(F)(F)F)=CC1)c1cc(C(F)(F)F)ccc1C(F)(F)F. The molecule has 0 spiro atoms. The molecule has 1 heterocycles. The average Bonchev–Trinajstić information content (AvgIpc) is 2.82. The van der Waals surface area contributed by atoms with Crippen LogP contribution in [-0.4, -0.2) is 41.3 Å². The lowest BCUT2D eigenvalue weighted by atomic mass is 9.78. The van der Waals surface area contributed by atoms with E-state index in [0.717, 1.165) is 12.2 Å². The van der Waals surface area contributed by atoms with Crippen molar-refractivity contribution in [3.8, 4) is 0 Å². The van der Waals surface area contributed by atoms with Crippen LogP contribution >= 0.6 is 0 Å². The summed E-state index contributed by atoms with van der Waals surface area (Å²) in [7, 11) is 0. The van der Waals surface area contributed by atoms with E-state index in [0.29, 0.717) is 37.5 Å². The first-order valence-corrected chi connectivity index (χ1v) is 12.7. The molecule has 1 saturated heterocycles. The average molecular weight is 572 g/mol. The molecule has 0 amide bonds. The normalized spacial score (nSPS) is 23.9. The molecule has 1 fully saturated rings. The third-order valence-corrected chi connectivity index (χ3v) is 7.50. The summed E-state index contributed by atoms with van der Waals surface area (Å²) in [5.74, 6) is -2.71. The van der Waals surface area contributed by atoms with Crippen LogP contribution in [0.3, 0.4) is 0 Å². The van der Waals surface area contributed by atoms with Gasteiger partial charge in [0.15, 0.2) is 0 Å². The number of hydrogen-bond acceptors (Lipinski definition) is 2. The van der Waals surface area contributed by atoms with Gasteiger partial charge in [0.1, 0.15) is 0 Å². The molecule has 3 rings (SSSR count). The van der Waals surface area contributed by atoms with Gasteiger partial charge >= 0.3 is 24.5 Å². The lowest BCUT2D eigenvalue weighted by molar-refractivity contribution is -0.142. The van der Waals surface area contributed by atoms with E-state index in [4.69, 9.17) is 0 Å². The summed E-state index contributed by atoms with van der Waals surface area (Å²) in [5.41, 5.74) is -3.63. The summed E-state index contributed by atoms with van der Waals surface area (Å²) in [4.78, 5) is 13.1. The van der Waals surface area contributed by atoms with Crippen LogP contribution in [0.25, 0.3) is 0 Å². The van der Waals surface area contributed by atoms with Crippen LogP contribution in [-0.2, 0) is 17.1 Å². The highest BCUT2D eigenvalue weighted by Crippen LogP contribution is 2.42. The maximum Gasteiger partial charge on any atom is 0.416 e. The first kappa shape index (κ1) is 31.0. The third-order valence-electron chi connectivity index (χ3n) is 7.50. The maximum atomic E-state index is 13.9. The van der Waals surface area contributed by atoms with E-state index in [1.165, 1.54) is 6.08 Å². The predicted molar refractivity (Wildman–Crippen MR) is 126 cm³/mol. The number of rotatable bonds is 8.